The number of alkyl halides is 3. The van der Waals surface area contributed by atoms with Gasteiger partial charge in [0.1, 0.15) is 10.7 Å². The van der Waals surface area contributed by atoms with Crippen LogP contribution in [0.15, 0.2) is 86.3 Å². The zero-order chi connectivity index (χ0) is 28.7. The number of nitrogens with two attached hydrogens (primary N) is 1. The quantitative estimate of drug-likeness (QED) is 0.380. The summed E-state index contributed by atoms with van der Waals surface area (Å²) < 4.78 is 130. The Balaban J connectivity index is 2.11. The maximum atomic E-state index is 14.4. The summed E-state index contributed by atoms with van der Waals surface area (Å²) in [5.74, 6) is -2.27. The molecule has 3 aromatic carbocycles. The van der Waals surface area contributed by atoms with Crippen LogP contribution in [0.5, 0.6) is 0 Å². The number of benzene rings is 3. The number of carbonyl (C=O) groups excluding carboxylic acids is 1. The van der Waals surface area contributed by atoms with Crippen LogP contribution in [0.25, 0.3) is 0 Å². The Hall–Kier alpha value is -3.34. The number of halogens is 4. The highest BCUT2D eigenvalue weighted by Gasteiger charge is 2.46. The second-order valence-corrected chi connectivity index (χ2v) is 13.3. The normalized spacial score (nSPS) is 13.7. The minimum Gasteiger partial charge on any atom is -0.366 e. The van der Waals surface area contributed by atoms with Gasteiger partial charge in [0.25, 0.3) is 0 Å². The number of sulfonamides is 1. The number of carbonyl (C=O) groups is 1. The van der Waals surface area contributed by atoms with Crippen LogP contribution in [0, 0.1) is 5.82 Å². The van der Waals surface area contributed by atoms with Crippen molar-refractivity contribution in [3.63, 3.8) is 0 Å². The fraction of sp³-hybridized carbons (Fsp3) is 0.136. The van der Waals surface area contributed by atoms with Crippen molar-refractivity contribution in [3.8, 4) is 0 Å². The summed E-state index contributed by atoms with van der Waals surface area (Å²) in [6.45, 7) is 1.09. The van der Waals surface area contributed by atoms with Crippen LogP contribution in [0.1, 0.15) is 28.9 Å². The maximum Gasteiger partial charge on any atom is 0.511 e. The van der Waals surface area contributed by atoms with Crippen molar-refractivity contribution in [2.24, 2.45) is 5.73 Å². The molecule has 0 fully saturated rings. The van der Waals surface area contributed by atoms with Gasteiger partial charge in [-0.2, -0.15) is 13.2 Å². The number of hydrogen-bond acceptors (Lipinski definition) is 7. The molecule has 0 saturated carbocycles. The lowest BCUT2D eigenvalue weighted by molar-refractivity contribution is -0.0450. The van der Waals surface area contributed by atoms with E-state index in [0.717, 1.165) is 55.5 Å². The van der Waals surface area contributed by atoms with E-state index in [9.17, 15) is 47.6 Å². The van der Waals surface area contributed by atoms with E-state index in [1.165, 1.54) is 16.9 Å². The molecule has 0 radical (unpaired) electrons. The van der Waals surface area contributed by atoms with E-state index >= 15 is 0 Å². The van der Waals surface area contributed by atoms with Crippen LogP contribution >= 0.6 is 0 Å². The van der Waals surface area contributed by atoms with Gasteiger partial charge in [-0.15, -0.1) is 0 Å². The molecule has 1 amide bonds. The second kappa shape index (κ2) is 10.1. The minimum atomic E-state index is -5.69. The van der Waals surface area contributed by atoms with Gasteiger partial charge in [-0.25, -0.2) is 34.4 Å². The summed E-state index contributed by atoms with van der Waals surface area (Å²) in [5, 5.41) is 0. The van der Waals surface area contributed by atoms with Crippen molar-refractivity contribution in [1.82, 2.24) is 4.72 Å². The fourth-order valence-electron chi connectivity index (χ4n) is 3.30. The molecular formula is C22H18F4N2O7S3. The summed E-state index contributed by atoms with van der Waals surface area (Å²) in [7, 11) is -15.2. The monoisotopic (exact) mass is 594 g/mol. The first-order chi connectivity index (χ1) is 17.4. The lowest BCUT2D eigenvalue weighted by atomic mass is 10.1. The Morgan fingerprint density at radius 1 is 0.816 bits per heavy atom. The Morgan fingerprint density at radius 2 is 1.39 bits per heavy atom. The van der Waals surface area contributed by atoms with Gasteiger partial charge in [0, 0.05) is 11.6 Å². The highest BCUT2D eigenvalue weighted by Crippen LogP contribution is 2.33. The van der Waals surface area contributed by atoms with Crippen molar-refractivity contribution in [3.05, 3.63) is 83.7 Å². The van der Waals surface area contributed by atoms with Crippen molar-refractivity contribution in [1.29, 1.82) is 0 Å². The van der Waals surface area contributed by atoms with E-state index < -0.39 is 72.6 Å². The van der Waals surface area contributed by atoms with Gasteiger partial charge in [0.2, 0.25) is 25.6 Å². The van der Waals surface area contributed by atoms with Gasteiger partial charge in [-0.05, 0) is 55.0 Å². The number of sulfone groups is 2. The van der Waals surface area contributed by atoms with E-state index in [4.69, 9.17) is 5.73 Å². The summed E-state index contributed by atoms with van der Waals surface area (Å²) in [4.78, 5) is 8.51. The lowest BCUT2D eigenvalue weighted by Gasteiger charge is -2.17. The standard InChI is InChI=1S/C22H18F4N2O7S3/c1-13(28-38(34,35)22(24,25)26)14-6-9-16(10-7-14)36(30,31)19-11-8-15(21(27)29)12-20(19)37(32,33)18-5-3-2-4-17(18)23/h2-13,28H,1H3,(H2,27,29). The number of amides is 1. The predicted octanol–water partition coefficient (Wildman–Crippen LogP) is 3.09. The first-order valence-electron chi connectivity index (χ1n) is 10.3. The van der Waals surface area contributed by atoms with Crippen molar-refractivity contribution >= 4 is 35.6 Å². The first-order valence-corrected chi connectivity index (χ1v) is 14.7. The number of rotatable bonds is 8. The molecule has 1 unspecified atom stereocenters. The molecule has 0 saturated heterocycles. The molecule has 0 heterocycles. The summed E-state index contributed by atoms with van der Waals surface area (Å²) in [6, 6.07) is 9.09. The van der Waals surface area contributed by atoms with E-state index in [-0.39, 0.29) is 11.1 Å². The van der Waals surface area contributed by atoms with Gasteiger partial charge < -0.3 is 5.73 Å². The molecule has 0 bridgehead atoms. The number of nitrogens with one attached hydrogen (secondary N) is 1. The van der Waals surface area contributed by atoms with Gasteiger partial charge in [-0.3, -0.25) is 4.79 Å². The zero-order valence-corrected chi connectivity index (χ0v) is 21.5. The smallest absolute Gasteiger partial charge is 0.366 e. The first kappa shape index (κ1) is 29.2. The minimum absolute atomic E-state index is 0.0416. The van der Waals surface area contributed by atoms with Crippen LogP contribution in [-0.4, -0.2) is 36.7 Å². The van der Waals surface area contributed by atoms with E-state index in [2.05, 4.69) is 0 Å². The molecular weight excluding hydrogens is 576 g/mol. The lowest BCUT2D eigenvalue weighted by Crippen LogP contribution is -2.37. The molecule has 38 heavy (non-hydrogen) atoms. The molecule has 9 nitrogen and oxygen atoms in total. The third kappa shape index (κ3) is 5.57. The third-order valence-corrected chi connectivity index (χ3v) is 10.3. The van der Waals surface area contributed by atoms with Crippen molar-refractivity contribution in [2.75, 3.05) is 0 Å². The highest BCUT2D eigenvalue weighted by atomic mass is 32.2. The predicted molar refractivity (Wildman–Crippen MR) is 125 cm³/mol. The van der Waals surface area contributed by atoms with Crippen LogP contribution in [0.3, 0.4) is 0 Å². The molecule has 0 aromatic heterocycles. The Morgan fingerprint density at radius 3 is 1.92 bits per heavy atom. The second-order valence-electron chi connectivity index (χ2n) is 7.82. The van der Waals surface area contributed by atoms with E-state index in [1.54, 1.807) is 0 Å². The van der Waals surface area contributed by atoms with Gasteiger partial charge in [-0.1, -0.05) is 24.3 Å². The van der Waals surface area contributed by atoms with Crippen molar-refractivity contribution in [2.45, 2.75) is 38.1 Å². The topological polar surface area (TPSA) is 158 Å². The SMILES string of the molecule is CC(NS(=O)(=O)C(F)(F)F)c1ccc(S(=O)(=O)c2ccc(C(N)=O)cc2S(=O)(=O)c2ccccc2F)cc1. The average Bonchev–Trinajstić information content (AvgIpc) is 2.82. The van der Waals surface area contributed by atoms with Gasteiger partial charge >= 0.3 is 15.5 Å². The number of hydrogen-bond donors (Lipinski definition) is 2. The largest absolute Gasteiger partial charge is 0.511 e. The highest BCUT2D eigenvalue weighted by molar-refractivity contribution is 7.94. The van der Waals surface area contributed by atoms with Crippen molar-refractivity contribution < 1.29 is 47.6 Å². The average molecular weight is 595 g/mol. The molecule has 204 valence electrons. The Kier molecular flexibility index (Phi) is 7.76. The Bertz CT molecular complexity index is 1720. The van der Waals surface area contributed by atoms with Gasteiger partial charge in [0.05, 0.1) is 14.7 Å². The molecule has 16 heteroatoms. The molecule has 0 aliphatic heterocycles. The number of primary amides is 1. The zero-order valence-electron chi connectivity index (χ0n) is 19.1. The van der Waals surface area contributed by atoms with Crippen LogP contribution in [0.2, 0.25) is 0 Å². The summed E-state index contributed by atoms with van der Waals surface area (Å²) >= 11 is 0. The van der Waals surface area contributed by atoms with Crippen LogP contribution in [0.4, 0.5) is 17.6 Å². The molecule has 0 aliphatic rings. The molecule has 3 rings (SSSR count). The molecule has 0 spiro atoms. The van der Waals surface area contributed by atoms with Crippen LogP contribution in [-0.2, 0) is 29.7 Å². The maximum absolute atomic E-state index is 14.4. The van der Waals surface area contributed by atoms with Gasteiger partial charge in [0.15, 0.2) is 0 Å². The molecule has 1 atom stereocenters. The molecule has 3 N–H and O–H groups in total. The summed E-state index contributed by atoms with van der Waals surface area (Å²) in [6.07, 6.45) is 0. The third-order valence-electron chi connectivity index (χ3n) is 5.26. The Labute approximate surface area is 215 Å². The van der Waals surface area contributed by atoms with E-state index in [1.807, 2.05) is 0 Å². The fourth-order valence-corrected chi connectivity index (χ4v) is 7.45. The van der Waals surface area contributed by atoms with Crippen LogP contribution < -0.4 is 10.5 Å². The summed E-state index contributed by atoms with van der Waals surface area (Å²) in [5.41, 5.74) is -0.780. The molecule has 0 aliphatic carbocycles. The van der Waals surface area contributed by atoms with E-state index in [0.29, 0.717) is 6.07 Å². The molecule has 3 aromatic rings.